The second-order valence-electron chi connectivity index (χ2n) is 10.8. The van der Waals surface area contributed by atoms with Gasteiger partial charge < -0.3 is 14.8 Å². The van der Waals surface area contributed by atoms with Gasteiger partial charge in [0.05, 0.1) is 6.61 Å². The first kappa shape index (κ1) is 26.1. The number of hydrogen-bond acceptors (Lipinski definition) is 3. The summed E-state index contributed by atoms with van der Waals surface area (Å²) in [6.07, 6.45) is 6.26. The lowest BCUT2D eigenvalue weighted by atomic mass is 9.80. The van der Waals surface area contributed by atoms with Crippen LogP contribution in [0, 0.1) is 0 Å². The van der Waals surface area contributed by atoms with Crippen LogP contribution in [-0.4, -0.2) is 19.8 Å². The molecule has 0 amide bonds. The van der Waals surface area contributed by atoms with E-state index in [2.05, 4.69) is 84.1 Å². The molecule has 0 saturated carbocycles. The molecular formula is C29H45NO2. The highest BCUT2D eigenvalue weighted by Gasteiger charge is 2.23. The highest BCUT2D eigenvalue weighted by atomic mass is 16.5. The number of nitrogens with one attached hydrogen (secondary N) is 1. The van der Waals surface area contributed by atoms with Gasteiger partial charge in [-0.15, -0.1) is 0 Å². The summed E-state index contributed by atoms with van der Waals surface area (Å²) >= 11 is 0. The van der Waals surface area contributed by atoms with Crippen molar-refractivity contribution < 1.29 is 9.47 Å². The Morgan fingerprint density at radius 2 is 1.50 bits per heavy atom. The smallest absolute Gasteiger partial charge is 0.123 e. The van der Waals surface area contributed by atoms with E-state index < -0.39 is 0 Å². The number of anilines is 1. The lowest BCUT2D eigenvalue weighted by Crippen LogP contribution is -2.19. The number of ether oxygens (including phenoxy) is 2. The summed E-state index contributed by atoms with van der Waals surface area (Å²) in [5, 5.41) is 3.46. The van der Waals surface area contributed by atoms with Gasteiger partial charge in [-0.05, 0) is 46.6 Å². The second kappa shape index (κ2) is 12.2. The van der Waals surface area contributed by atoms with E-state index in [1.165, 1.54) is 36.8 Å². The van der Waals surface area contributed by atoms with E-state index in [0.717, 1.165) is 36.8 Å². The van der Waals surface area contributed by atoms with E-state index in [1.807, 2.05) is 12.1 Å². The molecule has 2 aromatic carbocycles. The first-order valence-corrected chi connectivity index (χ1v) is 12.4. The minimum atomic E-state index is 0.0340. The van der Waals surface area contributed by atoms with Crippen LogP contribution in [-0.2, 0) is 10.8 Å². The normalized spacial score (nSPS) is 12.0. The topological polar surface area (TPSA) is 30.5 Å². The van der Waals surface area contributed by atoms with Gasteiger partial charge in [0.2, 0.25) is 0 Å². The summed E-state index contributed by atoms with van der Waals surface area (Å²) < 4.78 is 12.1. The maximum atomic E-state index is 6.20. The predicted molar refractivity (Wildman–Crippen MR) is 139 cm³/mol. The highest BCUT2D eigenvalue weighted by molar-refractivity contribution is 5.48. The molecular weight excluding hydrogens is 394 g/mol. The molecule has 0 spiro atoms. The Morgan fingerprint density at radius 3 is 2.19 bits per heavy atom. The van der Waals surface area contributed by atoms with Crippen LogP contribution in [0.4, 0.5) is 5.69 Å². The fourth-order valence-electron chi connectivity index (χ4n) is 3.66. The first-order chi connectivity index (χ1) is 15.1. The summed E-state index contributed by atoms with van der Waals surface area (Å²) in [5.74, 6) is 1.91. The van der Waals surface area contributed by atoms with Gasteiger partial charge in [-0.2, -0.15) is 0 Å². The maximum absolute atomic E-state index is 6.20. The molecule has 0 aliphatic rings. The van der Waals surface area contributed by atoms with Crippen LogP contribution in [0.2, 0.25) is 0 Å². The molecule has 32 heavy (non-hydrogen) atoms. The molecule has 2 rings (SSSR count). The third-order valence-corrected chi connectivity index (χ3v) is 5.69. The Bertz CT molecular complexity index is 815. The first-order valence-electron chi connectivity index (χ1n) is 12.4. The Kier molecular flexibility index (Phi) is 9.93. The van der Waals surface area contributed by atoms with Crippen molar-refractivity contribution in [1.29, 1.82) is 0 Å². The molecule has 0 saturated heterocycles. The van der Waals surface area contributed by atoms with Crippen molar-refractivity contribution in [2.75, 3.05) is 25.1 Å². The zero-order chi connectivity index (χ0) is 23.6. The van der Waals surface area contributed by atoms with E-state index >= 15 is 0 Å². The van der Waals surface area contributed by atoms with Gasteiger partial charge in [0.25, 0.3) is 0 Å². The number of benzene rings is 2. The molecule has 178 valence electrons. The molecule has 0 aromatic heterocycles. The van der Waals surface area contributed by atoms with Crippen molar-refractivity contribution in [2.45, 2.75) is 91.4 Å². The van der Waals surface area contributed by atoms with E-state index in [0.29, 0.717) is 6.61 Å². The van der Waals surface area contributed by atoms with Gasteiger partial charge in [-0.3, -0.25) is 0 Å². The zero-order valence-corrected chi connectivity index (χ0v) is 21.5. The standard InChI is InChI=1S/C29H45NO2/c1-8-9-10-11-12-19-31-25-15-13-14-24(22-25)30-18-20-32-27-17-16-23(28(2,3)4)21-26(27)29(5,6)7/h13-17,21-22,30H,8-12,18-20H2,1-7H3. The molecule has 0 aliphatic carbocycles. The minimum absolute atomic E-state index is 0.0340. The Labute approximate surface area is 196 Å². The van der Waals surface area contributed by atoms with Crippen LogP contribution in [0.1, 0.15) is 91.7 Å². The molecule has 0 heterocycles. The summed E-state index contributed by atoms with van der Waals surface area (Å²) in [5.41, 5.74) is 3.83. The summed E-state index contributed by atoms with van der Waals surface area (Å²) in [4.78, 5) is 0. The Hall–Kier alpha value is -2.16. The van der Waals surface area contributed by atoms with E-state index in [1.54, 1.807) is 0 Å². The molecule has 0 aliphatic heterocycles. The van der Waals surface area contributed by atoms with Gasteiger partial charge in [-0.1, -0.05) is 92.3 Å². The van der Waals surface area contributed by atoms with Gasteiger partial charge in [0, 0.05) is 18.3 Å². The van der Waals surface area contributed by atoms with Crippen molar-refractivity contribution in [3.05, 3.63) is 53.6 Å². The van der Waals surface area contributed by atoms with Gasteiger partial charge >= 0.3 is 0 Å². The van der Waals surface area contributed by atoms with Gasteiger partial charge in [0.1, 0.15) is 18.1 Å². The molecule has 3 nitrogen and oxygen atoms in total. The lowest BCUT2D eigenvalue weighted by molar-refractivity contribution is 0.304. The van der Waals surface area contributed by atoms with Crippen molar-refractivity contribution in [1.82, 2.24) is 0 Å². The number of unbranched alkanes of at least 4 members (excludes halogenated alkanes) is 4. The average molecular weight is 440 g/mol. The molecule has 0 radical (unpaired) electrons. The lowest BCUT2D eigenvalue weighted by Gasteiger charge is -2.27. The molecule has 0 fully saturated rings. The maximum Gasteiger partial charge on any atom is 0.123 e. The predicted octanol–water partition coefficient (Wildman–Crippen LogP) is 8.12. The second-order valence-corrected chi connectivity index (χ2v) is 10.8. The average Bonchev–Trinajstić information content (AvgIpc) is 2.72. The molecule has 0 bridgehead atoms. The van der Waals surface area contributed by atoms with Gasteiger partial charge in [-0.25, -0.2) is 0 Å². The number of hydrogen-bond donors (Lipinski definition) is 1. The van der Waals surface area contributed by atoms with Crippen LogP contribution in [0.3, 0.4) is 0 Å². The minimum Gasteiger partial charge on any atom is -0.494 e. The highest BCUT2D eigenvalue weighted by Crippen LogP contribution is 2.35. The fourth-order valence-corrected chi connectivity index (χ4v) is 3.66. The van der Waals surface area contributed by atoms with E-state index in [-0.39, 0.29) is 10.8 Å². The summed E-state index contributed by atoms with van der Waals surface area (Å²) in [6.45, 7) is 17.9. The van der Waals surface area contributed by atoms with Crippen LogP contribution in [0.5, 0.6) is 11.5 Å². The summed E-state index contributed by atoms with van der Waals surface area (Å²) in [7, 11) is 0. The Morgan fingerprint density at radius 1 is 0.750 bits per heavy atom. The van der Waals surface area contributed by atoms with Gasteiger partial charge in [0.15, 0.2) is 0 Å². The summed E-state index contributed by atoms with van der Waals surface area (Å²) in [6, 6.07) is 14.9. The number of rotatable bonds is 12. The molecule has 1 N–H and O–H groups in total. The van der Waals surface area contributed by atoms with Crippen LogP contribution < -0.4 is 14.8 Å². The van der Waals surface area contributed by atoms with Crippen molar-refractivity contribution in [3.63, 3.8) is 0 Å². The zero-order valence-electron chi connectivity index (χ0n) is 21.5. The van der Waals surface area contributed by atoms with E-state index in [9.17, 15) is 0 Å². The third kappa shape index (κ3) is 8.76. The third-order valence-electron chi connectivity index (χ3n) is 5.69. The molecule has 3 heteroatoms. The fraction of sp³-hybridized carbons (Fsp3) is 0.586. The van der Waals surface area contributed by atoms with Crippen molar-refractivity contribution in [3.8, 4) is 11.5 Å². The van der Waals surface area contributed by atoms with Crippen LogP contribution in [0.15, 0.2) is 42.5 Å². The Balaban J connectivity index is 1.86. The molecule has 0 atom stereocenters. The SMILES string of the molecule is CCCCCCCOc1cccc(NCCOc2ccc(C(C)(C)C)cc2C(C)(C)C)c1. The molecule has 0 unspecified atom stereocenters. The van der Waals surface area contributed by atoms with E-state index in [4.69, 9.17) is 9.47 Å². The van der Waals surface area contributed by atoms with Crippen molar-refractivity contribution >= 4 is 5.69 Å². The van der Waals surface area contributed by atoms with Crippen molar-refractivity contribution in [2.24, 2.45) is 0 Å². The molecule has 2 aromatic rings. The largest absolute Gasteiger partial charge is 0.494 e. The van der Waals surface area contributed by atoms with Crippen LogP contribution >= 0.6 is 0 Å². The van der Waals surface area contributed by atoms with Crippen LogP contribution in [0.25, 0.3) is 0 Å². The quantitative estimate of drug-likeness (QED) is 0.339. The monoisotopic (exact) mass is 439 g/mol.